The van der Waals surface area contributed by atoms with Crippen LogP contribution in [0.15, 0.2) is 48.5 Å². The molecule has 6 nitrogen and oxygen atoms in total. The Bertz CT molecular complexity index is 1040. The molecule has 2 aromatic carbocycles. The van der Waals surface area contributed by atoms with Gasteiger partial charge in [-0.25, -0.2) is 4.98 Å². The summed E-state index contributed by atoms with van der Waals surface area (Å²) in [6, 6.07) is 15.6. The Morgan fingerprint density at radius 3 is 2.41 bits per heavy atom. The van der Waals surface area contributed by atoms with Crippen molar-refractivity contribution in [3.05, 3.63) is 65.5 Å². The number of nitrogens with one attached hydrogen (secondary N) is 1. The van der Waals surface area contributed by atoms with E-state index < -0.39 is 0 Å². The summed E-state index contributed by atoms with van der Waals surface area (Å²) in [6.07, 6.45) is 3.67. The number of aryl methyl sites for hydroxylation is 2. The molecule has 0 radical (unpaired) electrons. The van der Waals surface area contributed by atoms with E-state index in [0.717, 1.165) is 48.1 Å². The van der Waals surface area contributed by atoms with E-state index in [1.54, 1.807) is 0 Å². The molecule has 32 heavy (non-hydrogen) atoms. The number of likely N-dealkylation sites (N-methyl/N-ethyl adjacent to an activating group) is 1. The molecule has 0 saturated carbocycles. The molecule has 6 heteroatoms. The van der Waals surface area contributed by atoms with Gasteiger partial charge in [-0.3, -0.25) is 9.59 Å². The Morgan fingerprint density at radius 2 is 1.69 bits per heavy atom. The quantitative estimate of drug-likeness (QED) is 0.456. The fourth-order valence-electron chi connectivity index (χ4n) is 3.90. The van der Waals surface area contributed by atoms with E-state index in [2.05, 4.69) is 9.88 Å². The van der Waals surface area contributed by atoms with Crippen LogP contribution in [0.5, 0.6) is 0 Å². The van der Waals surface area contributed by atoms with E-state index >= 15 is 0 Å². The molecular formula is C26H34N4O2. The lowest BCUT2D eigenvalue weighted by molar-refractivity contribution is -0.131. The van der Waals surface area contributed by atoms with E-state index in [1.807, 2.05) is 74.2 Å². The largest absolute Gasteiger partial charge is 0.352 e. The topological polar surface area (TPSA) is 67.2 Å². The second-order valence-corrected chi connectivity index (χ2v) is 8.10. The highest BCUT2D eigenvalue weighted by Gasteiger charge is 2.16. The van der Waals surface area contributed by atoms with Crippen molar-refractivity contribution < 1.29 is 9.59 Å². The number of unbranched alkanes of at least 4 members (excludes halogenated alkanes) is 2. The number of para-hydroxylation sites is 2. The molecule has 3 aromatic rings. The van der Waals surface area contributed by atoms with Crippen LogP contribution in [-0.2, 0) is 17.8 Å². The summed E-state index contributed by atoms with van der Waals surface area (Å²) in [7, 11) is 0. The summed E-state index contributed by atoms with van der Waals surface area (Å²) in [5.41, 5.74) is 3.78. The molecule has 3 rings (SSSR count). The highest BCUT2D eigenvalue weighted by atomic mass is 16.2. The maximum atomic E-state index is 12.7. The minimum absolute atomic E-state index is 0.0262. The number of carbonyl (C=O) groups is 2. The van der Waals surface area contributed by atoms with Gasteiger partial charge in [0.2, 0.25) is 5.91 Å². The maximum Gasteiger partial charge on any atom is 0.251 e. The smallest absolute Gasteiger partial charge is 0.251 e. The average Bonchev–Trinajstić information content (AvgIpc) is 3.14. The van der Waals surface area contributed by atoms with Gasteiger partial charge in [-0.05, 0) is 57.9 Å². The van der Waals surface area contributed by atoms with Crippen LogP contribution >= 0.6 is 0 Å². The van der Waals surface area contributed by atoms with Gasteiger partial charge in [0.25, 0.3) is 5.91 Å². The molecule has 1 heterocycles. The van der Waals surface area contributed by atoms with Crippen LogP contribution < -0.4 is 5.32 Å². The zero-order chi connectivity index (χ0) is 22.9. The molecular weight excluding hydrogens is 400 g/mol. The molecule has 0 aliphatic rings. The first kappa shape index (κ1) is 23.5. The number of fused-ring (bicyclic) bond motifs is 1. The van der Waals surface area contributed by atoms with Gasteiger partial charge >= 0.3 is 0 Å². The van der Waals surface area contributed by atoms with Crippen molar-refractivity contribution >= 4 is 22.8 Å². The Balaban J connectivity index is 1.52. The lowest BCUT2D eigenvalue weighted by Crippen LogP contribution is -2.33. The van der Waals surface area contributed by atoms with E-state index in [9.17, 15) is 9.59 Å². The molecule has 0 fully saturated rings. The third kappa shape index (κ3) is 5.96. The predicted molar refractivity (Wildman–Crippen MR) is 129 cm³/mol. The van der Waals surface area contributed by atoms with Gasteiger partial charge in [-0.2, -0.15) is 0 Å². The maximum absolute atomic E-state index is 12.7. The summed E-state index contributed by atoms with van der Waals surface area (Å²) in [6.45, 7) is 8.43. The van der Waals surface area contributed by atoms with Gasteiger partial charge in [0.15, 0.2) is 0 Å². The fraction of sp³-hybridized carbons (Fsp3) is 0.423. The second-order valence-electron chi connectivity index (χ2n) is 8.10. The number of rotatable bonds is 11. The first-order valence-corrected chi connectivity index (χ1v) is 11.6. The minimum Gasteiger partial charge on any atom is -0.352 e. The second kappa shape index (κ2) is 11.5. The number of carbonyl (C=O) groups excluding carboxylic acids is 2. The number of amides is 2. The molecule has 0 aliphatic heterocycles. The SMILES string of the molecule is CCN(CC)C(=O)Cn1c(CCCCCNC(=O)c2ccc(C)cc2)nc2ccccc21. The molecule has 0 bridgehead atoms. The Hall–Kier alpha value is -3.15. The fourth-order valence-corrected chi connectivity index (χ4v) is 3.90. The van der Waals surface area contributed by atoms with Crippen molar-refractivity contribution in [1.29, 1.82) is 0 Å². The average molecular weight is 435 g/mol. The number of hydrogen-bond donors (Lipinski definition) is 1. The van der Waals surface area contributed by atoms with Gasteiger partial charge < -0.3 is 14.8 Å². The van der Waals surface area contributed by atoms with Crippen molar-refractivity contribution in [2.24, 2.45) is 0 Å². The molecule has 0 unspecified atom stereocenters. The van der Waals surface area contributed by atoms with Crippen LogP contribution in [0.4, 0.5) is 0 Å². The Labute approximate surface area is 190 Å². The van der Waals surface area contributed by atoms with Gasteiger partial charge in [-0.1, -0.05) is 36.2 Å². The van der Waals surface area contributed by atoms with Crippen LogP contribution in [0.2, 0.25) is 0 Å². The van der Waals surface area contributed by atoms with Crippen LogP contribution in [0.3, 0.4) is 0 Å². The number of aromatic nitrogens is 2. The standard InChI is InChI=1S/C26H34N4O2/c1-4-29(5-2)25(31)19-30-23-12-9-8-11-22(23)28-24(30)13-7-6-10-18-27-26(32)21-16-14-20(3)15-17-21/h8-9,11-12,14-17H,4-7,10,13,18-19H2,1-3H3,(H,27,32). The van der Waals surface area contributed by atoms with Gasteiger partial charge in [0.05, 0.1) is 11.0 Å². The van der Waals surface area contributed by atoms with Gasteiger partial charge in [-0.15, -0.1) is 0 Å². The van der Waals surface area contributed by atoms with Crippen molar-refractivity contribution in [3.63, 3.8) is 0 Å². The number of imidazole rings is 1. The van der Waals surface area contributed by atoms with Crippen LogP contribution in [0.25, 0.3) is 11.0 Å². The Morgan fingerprint density at radius 1 is 0.969 bits per heavy atom. The van der Waals surface area contributed by atoms with Gasteiger partial charge in [0, 0.05) is 31.6 Å². The third-order valence-electron chi connectivity index (χ3n) is 5.82. The zero-order valence-corrected chi connectivity index (χ0v) is 19.4. The van der Waals surface area contributed by atoms with E-state index in [1.165, 1.54) is 0 Å². The first-order chi connectivity index (χ1) is 15.5. The molecule has 0 aliphatic carbocycles. The Kier molecular flexibility index (Phi) is 8.42. The highest BCUT2D eigenvalue weighted by molar-refractivity contribution is 5.94. The lowest BCUT2D eigenvalue weighted by atomic mass is 10.1. The van der Waals surface area contributed by atoms with Crippen molar-refractivity contribution in [2.45, 2.75) is 53.0 Å². The summed E-state index contributed by atoms with van der Waals surface area (Å²) in [5.74, 6) is 1.05. The molecule has 1 aromatic heterocycles. The van der Waals surface area contributed by atoms with Crippen molar-refractivity contribution in [2.75, 3.05) is 19.6 Å². The lowest BCUT2D eigenvalue weighted by Gasteiger charge is -2.20. The summed E-state index contributed by atoms with van der Waals surface area (Å²) in [5, 5.41) is 2.99. The van der Waals surface area contributed by atoms with E-state index in [-0.39, 0.29) is 11.8 Å². The number of nitrogens with zero attached hydrogens (tertiary/aromatic N) is 3. The van der Waals surface area contributed by atoms with E-state index in [0.29, 0.717) is 31.7 Å². The molecule has 1 N–H and O–H groups in total. The highest BCUT2D eigenvalue weighted by Crippen LogP contribution is 2.18. The van der Waals surface area contributed by atoms with Crippen molar-refractivity contribution in [3.8, 4) is 0 Å². The minimum atomic E-state index is -0.0262. The molecule has 2 amide bonds. The summed E-state index contributed by atoms with van der Waals surface area (Å²) >= 11 is 0. The molecule has 0 atom stereocenters. The zero-order valence-electron chi connectivity index (χ0n) is 19.4. The molecule has 170 valence electrons. The first-order valence-electron chi connectivity index (χ1n) is 11.6. The normalized spacial score (nSPS) is 11.0. The summed E-state index contributed by atoms with van der Waals surface area (Å²) < 4.78 is 2.06. The third-order valence-corrected chi connectivity index (χ3v) is 5.82. The number of benzene rings is 2. The van der Waals surface area contributed by atoms with Crippen LogP contribution in [0.1, 0.15) is 54.9 Å². The van der Waals surface area contributed by atoms with Gasteiger partial charge in [0.1, 0.15) is 12.4 Å². The van der Waals surface area contributed by atoms with Crippen LogP contribution in [-0.4, -0.2) is 45.9 Å². The van der Waals surface area contributed by atoms with E-state index in [4.69, 9.17) is 4.98 Å². The molecule has 0 spiro atoms. The predicted octanol–water partition coefficient (Wildman–Crippen LogP) is 4.36. The van der Waals surface area contributed by atoms with Crippen LogP contribution in [0, 0.1) is 6.92 Å². The summed E-state index contributed by atoms with van der Waals surface area (Å²) in [4.78, 5) is 31.6. The monoisotopic (exact) mass is 434 g/mol. The number of hydrogen-bond acceptors (Lipinski definition) is 3. The molecule has 0 saturated heterocycles. The van der Waals surface area contributed by atoms with Crippen molar-refractivity contribution in [1.82, 2.24) is 19.8 Å².